The minimum atomic E-state index is -0.660. The van der Waals surface area contributed by atoms with Crippen LogP contribution in [-0.2, 0) is 31.4 Å². The van der Waals surface area contributed by atoms with E-state index in [2.05, 4.69) is 10.4 Å². The van der Waals surface area contributed by atoms with E-state index in [9.17, 15) is 14.4 Å². The molecule has 2 aliphatic rings. The molecule has 1 aromatic rings. The van der Waals surface area contributed by atoms with Gasteiger partial charge in [0.2, 0.25) is 5.91 Å². The number of anilines is 1. The average molecular weight is 379 g/mol. The van der Waals surface area contributed by atoms with Gasteiger partial charge < -0.3 is 16.0 Å². The molecule has 0 radical (unpaired) electrons. The summed E-state index contributed by atoms with van der Waals surface area (Å²) in [6.07, 6.45) is 1.00. The molecule has 142 valence electrons. The van der Waals surface area contributed by atoms with E-state index in [0.29, 0.717) is 31.7 Å². The smallest absolute Gasteiger partial charge is 0.315 e. The van der Waals surface area contributed by atoms with Gasteiger partial charge in [-0.1, -0.05) is 0 Å². The summed E-state index contributed by atoms with van der Waals surface area (Å²) in [4.78, 5) is 37.8. The molecule has 1 saturated heterocycles. The first-order valence-corrected chi connectivity index (χ1v) is 9.92. The lowest BCUT2D eigenvalue weighted by atomic mass is 9.96. The summed E-state index contributed by atoms with van der Waals surface area (Å²) in [7, 11) is 0. The van der Waals surface area contributed by atoms with Crippen molar-refractivity contribution in [3.8, 4) is 0 Å². The van der Waals surface area contributed by atoms with Crippen molar-refractivity contribution in [3.63, 3.8) is 0 Å². The number of amides is 3. The van der Waals surface area contributed by atoms with Crippen LogP contribution in [0.5, 0.6) is 0 Å². The molecule has 0 unspecified atom stereocenters. The summed E-state index contributed by atoms with van der Waals surface area (Å²) in [5.41, 5.74) is 6.98. The molecule has 9 heteroatoms. The number of carbonyl (C=O) groups is 3. The Labute approximate surface area is 156 Å². The number of fused-ring (bicyclic) bond motifs is 1. The lowest BCUT2D eigenvalue weighted by Gasteiger charge is -2.30. The van der Waals surface area contributed by atoms with Crippen molar-refractivity contribution < 1.29 is 14.4 Å². The predicted molar refractivity (Wildman–Crippen MR) is 99.4 cm³/mol. The van der Waals surface area contributed by atoms with Crippen LogP contribution in [-0.4, -0.2) is 45.5 Å². The standard InChI is InChI=1S/C17H25N5O3S/c1-17(2,3)22-14(11-8-26-9-12(11)20-22)19-15(24)16(25)21-6-4-10(5-7-21)13(18)23/h10H,4-9H2,1-3H3,(H2,18,23)(H,19,24). The second-order valence-corrected chi connectivity index (χ2v) is 8.76. The summed E-state index contributed by atoms with van der Waals surface area (Å²) in [6, 6.07) is 0. The number of primary amides is 1. The quantitative estimate of drug-likeness (QED) is 0.746. The number of hydrogen-bond acceptors (Lipinski definition) is 5. The number of rotatable bonds is 2. The Kier molecular flexibility index (Phi) is 5.01. The van der Waals surface area contributed by atoms with E-state index >= 15 is 0 Å². The molecule has 3 N–H and O–H groups in total. The number of carbonyl (C=O) groups excluding carboxylic acids is 3. The number of thioether (sulfide) groups is 1. The Morgan fingerprint density at radius 3 is 2.42 bits per heavy atom. The van der Waals surface area contributed by atoms with Gasteiger partial charge in [-0.3, -0.25) is 14.4 Å². The summed E-state index contributed by atoms with van der Waals surface area (Å²) < 4.78 is 1.79. The summed E-state index contributed by atoms with van der Waals surface area (Å²) >= 11 is 1.74. The minimum absolute atomic E-state index is 0.218. The zero-order chi connectivity index (χ0) is 19.1. The molecule has 8 nitrogen and oxygen atoms in total. The Morgan fingerprint density at radius 2 is 1.85 bits per heavy atom. The van der Waals surface area contributed by atoms with E-state index in [-0.39, 0.29) is 17.4 Å². The summed E-state index contributed by atoms with van der Waals surface area (Å²) in [5.74, 6) is 0.410. The van der Waals surface area contributed by atoms with Crippen molar-refractivity contribution in [2.24, 2.45) is 11.7 Å². The first kappa shape index (κ1) is 18.8. The van der Waals surface area contributed by atoms with Crippen LogP contribution in [0.4, 0.5) is 5.82 Å². The normalized spacial score (nSPS) is 17.9. The second kappa shape index (κ2) is 6.94. The van der Waals surface area contributed by atoms with Crippen LogP contribution in [0, 0.1) is 5.92 Å². The lowest BCUT2D eigenvalue weighted by Crippen LogP contribution is -2.46. The van der Waals surface area contributed by atoms with Crippen LogP contribution < -0.4 is 11.1 Å². The highest BCUT2D eigenvalue weighted by molar-refractivity contribution is 7.98. The lowest BCUT2D eigenvalue weighted by molar-refractivity contribution is -0.144. The van der Waals surface area contributed by atoms with Crippen molar-refractivity contribution in [1.82, 2.24) is 14.7 Å². The van der Waals surface area contributed by atoms with Gasteiger partial charge in [0.05, 0.1) is 11.2 Å². The van der Waals surface area contributed by atoms with Crippen LogP contribution in [0.25, 0.3) is 0 Å². The number of nitrogens with zero attached hydrogens (tertiary/aromatic N) is 3. The molecule has 1 fully saturated rings. The molecule has 0 atom stereocenters. The largest absolute Gasteiger partial charge is 0.369 e. The number of likely N-dealkylation sites (tertiary alicyclic amines) is 1. The number of piperidine rings is 1. The molecular weight excluding hydrogens is 354 g/mol. The maximum Gasteiger partial charge on any atom is 0.315 e. The number of hydrogen-bond donors (Lipinski definition) is 2. The van der Waals surface area contributed by atoms with E-state index in [4.69, 9.17) is 5.73 Å². The van der Waals surface area contributed by atoms with Gasteiger partial charge in [-0.25, -0.2) is 4.68 Å². The fourth-order valence-corrected chi connectivity index (χ4v) is 4.33. The SMILES string of the molecule is CC(C)(C)n1nc2c(c1NC(=O)C(=O)N1CCC(C(N)=O)CC1)CSC2. The third kappa shape index (κ3) is 3.58. The van der Waals surface area contributed by atoms with Crippen molar-refractivity contribution >= 4 is 35.3 Å². The monoisotopic (exact) mass is 379 g/mol. The van der Waals surface area contributed by atoms with Gasteiger partial charge in [0.25, 0.3) is 0 Å². The first-order chi connectivity index (χ1) is 12.2. The van der Waals surface area contributed by atoms with Crippen LogP contribution in [0.2, 0.25) is 0 Å². The van der Waals surface area contributed by atoms with E-state index in [1.807, 2.05) is 20.8 Å². The highest BCUT2D eigenvalue weighted by atomic mass is 32.2. The van der Waals surface area contributed by atoms with Crippen molar-refractivity contribution in [3.05, 3.63) is 11.3 Å². The molecule has 0 aliphatic carbocycles. The van der Waals surface area contributed by atoms with Crippen LogP contribution in [0.1, 0.15) is 44.9 Å². The van der Waals surface area contributed by atoms with Gasteiger partial charge in [-0.2, -0.15) is 16.9 Å². The van der Waals surface area contributed by atoms with Gasteiger partial charge in [-0.15, -0.1) is 0 Å². The van der Waals surface area contributed by atoms with Crippen LogP contribution >= 0.6 is 11.8 Å². The Hall–Kier alpha value is -2.03. The number of nitrogens with two attached hydrogens (primary N) is 1. The molecule has 0 aromatic carbocycles. The van der Waals surface area contributed by atoms with E-state index in [1.54, 1.807) is 16.4 Å². The van der Waals surface area contributed by atoms with Crippen molar-refractivity contribution in [1.29, 1.82) is 0 Å². The topological polar surface area (TPSA) is 110 Å². The first-order valence-electron chi connectivity index (χ1n) is 8.77. The minimum Gasteiger partial charge on any atom is -0.369 e. The summed E-state index contributed by atoms with van der Waals surface area (Å²) in [6.45, 7) is 6.76. The molecule has 3 heterocycles. The van der Waals surface area contributed by atoms with Gasteiger partial charge in [0.1, 0.15) is 5.82 Å². The molecule has 0 saturated carbocycles. The molecular formula is C17H25N5O3S. The molecule has 3 rings (SSSR count). The van der Waals surface area contributed by atoms with Crippen molar-refractivity contribution in [2.75, 3.05) is 18.4 Å². The van der Waals surface area contributed by atoms with E-state index < -0.39 is 11.8 Å². The van der Waals surface area contributed by atoms with Gasteiger partial charge in [0, 0.05) is 36.1 Å². The Morgan fingerprint density at radius 1 is 1.19 bits per heavy atom. The number of nitrogens with one attached hydrogen (secondary N) is 1. The molecule has 0 spiro atoms. The van der Waals surface area contributed by atoms with Crippen LogP contribution in [0.15, 0.2) is 0 Å². The van der Waals surface area contributed by atoms with Gasteiger partial charge >= 0.3 is 11.8 Å². The maximum absolute atomic E-state index is 12.6. The molecule has 0 bridgehead atoms. The van der Waals surface area contributed by atoms with Gasteiger partial charge in [-0.05, 0) is 33.6 Å². The second-order valence-electron chi connectivity index (χ2n) is 7.77. The predicted octanol–water partition coefficient (Wildman–Crippen LogP) is 1.05. The fourth-order valence-electron chi connectivity index (χ4n) is 3.30. The van der Waals surface area contributed by atoms with E-state index in [1.165, 1.54) is 4.90 Å². The zero-order valence-electron chi connectivity index (χ0n) is 15.4. The molecule has 1 aromatic heterocycles. The number of aromatic nitrogens is 2. The highest BCUT2D eigenvalue weighted by Gasteiger charge is 2.33. The zero-order valence-corrected chi connectivity index (χ0v) is 16.2. The molecule has 3 amide bonds. The molecule has 2 aliphatic heterocycles. The van der Waals surface area contributed by atoms with Crippen molar-refractivity contribution in [2.45, 2.75) is 50.7 Å². The Balaban J connectivity index is 1.73. The third-order valence-corrected chi connectivity index (χ3v) is 5.77. The maximum atomic E-state index is 12.6. The van der Waals surface area contributed by atoms with Gasteiger partial charge in [0.15, 0.2) is 0 Å². The third-order valence-electron chi connectivity index (χ3n) is 4.80. The summed E-state index contributed by atoms with van der Waals surface area (Å²) in [5, 5.41) is 7.41. The van der Waals surface area contributed by atoms with E-state index in [0.717, 1.165) is 22.8 Å². The Bertz CT molecular complexity index is 744. The average Bonchev–Trinajstić information content (AvgIpc) is 3.16. The molecule has 26 heavy (non-hydrogen) atoms. The van der Waals surface area contributed by atoms with Crippen LogP contribution in [0.3, 0.4) is 0 Å². The fraction of sp³-hybridized carbons (Fsp3) is 0.647. The highest BCUT2D eigenvalue weighted by Crippen LogP contribution is 2.37.